The predicted octanol–water partition coefficient (Wildman–Crippen LogP) is 1.33. The summed E-state index contributed by atoms with van der Waals surface area (Å²) in [4.78, 5) is 6.58. The minimum atomic E-state index is 0.551. The number of aryl methyl sites for hydroxylation is 1. The molecule has 0 bridgehead atoms. The lowest BCUT2D eigenvalue weighted by Crippen LogP contribution is -2.35. The van der Waals surface area contributed by atoms with Crippen molar-refractivity contribution < 1.29 is 0 Å². The van der Waals surface area contributed by atoms with E-state index in [4.69, 9.17) is 0 Å². The standard InChI is InChI=1S/C12H24N4/c1-5-7-16-8-6-14-12(16)10-13-9-11(2)15(3)4/h6,8,11,13H,5,7,9-10H2,1-4H3. The number of likely N-dealkylation sites (N-methyl/N-ethyl adjacent to an activating group) is 1. The lowest BCUT2D eigenvalue weighted by Gasteiger charge is -2.20. The Balaban J connectivity index is 2.34. The highest BCUT2D eigenvalue weighted by molar-refractivity contribution is 4.91. The van der Waals surface area contributed by atoms with Gasteiger partial charge in [-0.15, -0.1) is 0 Å². The first-order chi connectivity index (χ1) is 7.65. The average molecular weight is 224 g/mol. The molecule has 0 saturated carbocycles. The van der Waals surface area contributed by atoms with E-state index in [1.54, 1.807) is 0 Å². The Morgan fingerprint density at radius 2 is 2.25 bits per heavy atom. The average Bonchev–Trinajstić information content (AvgIpc) is 2.66. The van der Waals surface area contributed by atoms with Crippen LogP contribution in [0.25, 0.3) is 0 Å². The maximum atomic E-state index is 4.36. The normalized spacial score (nSPS) is 13.3. The summed E-state index contributed by atoms with van der Waals surface area (Å²) >= 11 is 0. The van der Waals surface area contributed by atoms with E-state index >= 15 is 0 Å². The zero-order valence-corrected chi connectivity index (χ0v) is 10.9. The van der Waals surface area contributed by atoms with Crippen LogP contribution in [-0.2, 0) is 13.1 Å². The van der Waals surface area contributed by atoms with Gasteiger partial charge in [-0.05, 0) is 27.4 Å². The summed E-state index contributed by atoms with van der Waals surface area (Å²) < 4.78 is 2.22. The van der Waals surface area contributed by atoms with Crippen LogP contribution in [0.1, 0.15) is 26.1 Å². The molecule has 0 aliphatic rings. The van der Waals surface area contributed by atoms with Crippen molar-refractivity contribution in [2.75, 3.05) is 20.6 Å². The molecule has 0 fully saturated rings. The number of aromatic nitrogens is 2. The van der Waals surface area contributed by atoms with Crippen LogP contribution in [0.4, 0.5) is 0 Å². The summed E-state index contributed by atoms with van der Waals surface area (Å²) in [5.74, 6) is 1.13. The van der Waals surface area contributed by atoms with E-state index < -0.39 is 0 Å². The Bertz CT molecular complexity index is 293. The van der Waals surface area contributed by atoms with E-state index in [2.05, 4.69) is 53.9 Å². The molecule has 4 heteroatoms. The second-order valence-electron chi connectivity index (χ2n) is 4.48. The smallest absolute Gasteiger partial charge is 0.122 e. The summed E-state index contributed by atoms with van der Waals surface area (Å²) in [5.41, 5.74) is 0. The molecule has 1 heterocycles. The molecule has 92 valence electrons. The van der Waals surface area contributed by atoms with Crippen molar-refractivity contribution in [3.63, 3.8) is 0 Å². The van der Waals surface area contributed by atoms with Crippen molar-refractivity contribution in [3.8, 4) is 0 Å². The summed E-state index contributed by atoms with van der Waals surface area (Å²) in [6, 6.07) is 0.551. The largest absolute Gasteiger partial charge is 0.334 e. The Kier molecular flexibility index (Phi) is 5.49. The molecule has 4 nitrogen and oxygen atoms in total. The fourth-order valence-corrected chi connectivity index (χ4v) is 1.53. The fourth-order valence-electron chi connectivity index (χ4n) is 1.53. The van der Waals surface area contributed by atoms with Crippen LogP contribution in [0.2, 0.25) is 0 Å². The highest BCUT2D eigenvalue weighted by atomic mass is 15.1. The quantitative estimate of drug-likeness (QED) is 0.758. The van der Waals surface area contributed by atoms with Crippen molar-refractivity contribution in [1.82, 2.24) is 19.8 Å². The number of nitrogens with zero attached hydrogens (tertiary/aromatic N) is 3. The van der Waals surface area contributed by atoms with Gasteiger partial charge in [0.2, 0.25) is 0 Å². The number of rotatable bonds is 7. The van der Waals surface area contributed by atoms with Gasteiger partial charge >= 0.3 is 0 Å². The van der Waals surface area contributed by atoms with E-state index in [0.717, 1.165) is 31.9 Å². The van der Waals surface area contributed by atoms with Crippen LogP contribution in [0, 0.1) is 0 Å². The minimum absolute atomic E-state index is 0.551. The third kappa shape index (κ3) is 3.94. The molecule has 1 unspecified atom stereocenters. The molecule has 0 aliphatic carbocycles. The Morgan fingerprint density at radius 3 is 2.88 bits per heavy atom. The molecule has 0 saturated heterocycles. The summed E-state index contributed by atoms with van der Waals surface area (Å²) in [6.45, 7) is 7.30. The number of imidazole rings is 1. The molecular weight excluding hydrogens is 200 g/mol. The van der Waals surface area contributed by atoms with Gasteiger partial charge in [0.25, 0.3) is 0 Å². The Hall–Kier alpha value is -0.870. The number of hydrogen-bond acceptors (Lipinski definition) is 3. The predicted molar refractivity (Wildman–Crippen MR) is 67.4 cm³/mol. The van der Waals surface area contributed by atoms with Gasteiger partial charge in [0, 0.05) is 31.5 Å². The van der Waals surface area contributed by atoms with Gasteiger partial charge in [-0.2, -0.15) is 0 Å². The van der Waals surface area contributed by atoms with Gasteiger partial charge in [0.05, 0.1) is 6.54 Å². The maximum absolute atomic E-state index is 4.36. The molecule has 1 aromatic rings. The fraction of sp³-hybridized carbons (Fsp3) is 0.750. The zero-order valence-electron chi connectivity index (χ0n) is 10.9. The molecule has 0 radical (unpaired) electrons. The summed E-state index contributed by atoms with van der Waals surface area (Å²) in [7, 11) is 4.20. The van der Waals surface area contributed by atoms with Crippen LogP contribution in [0.5, 0.6) is 0 Å². The van der Waals surface area contributed by atoms with Gasteiger partial charge in [-0.1, -0.05) is 6.92 Å². The second kappa shape index (κ2) is 6.66. The van der Waals surface area contributed by atoms with E-state index in [0.29, 0.717) is 6.04 Å². The van der Waals surface area contributed by atoms with Crippen molar-refractivity contribution in [1.29, 1.82) is 0 Å². The first-order valence-electron chi connectivity index (χ1n) is 6.02. The van der Waals surface area contributed by atoms with E-state index in [9.17, 15) is 0 Å². The highest BCUT2D eigenvalue weighted by Crippen LogP contribution is 1.99. The van der Waals surface area contributed by atoms with E-state index in [-0.39, 0.29) is 0 Å². The van der Waals surface area contributed by atoms with E-state index in [1.807, 2.05) is 6.20 Å². The molecule has 1 rings (SSSR count). The lowest BCUT2D eigenvalue weighted by atomic mass is 10.3. The van der Waals surface area contributed by atoms with Crippen LogP contribution < -0.4 is 5.32 Å². The van der Waals surface area contributed by atoms with Gasteiger partial charge in [0.1, 0.15) is 5.82 Å². The lowest BCUT2D eigenvalue weighted by molar-refractivity contribution is 0.301. The molecule has 1 atom stereocenters. The summed E-state index contributed by atoms with van der Waals surface area (Å²) in [5, 5.41) is 3.44. The first kappa shape index (κ1) is 13.2. The van der Waals surface area contributed by atoms with Crippen LogP contribution in [0.3, 0.4) is 0 Å². The molecule has 0 aliphatic heterocycles. The minimum Gasteiger partial charge on any atom is -0.334 e. The van der Waals surface area contributed by atoms with Gasteiger partial charge in [-0.3, -0.25) is 0 Å². The van der Waals surface area contributed by atoms with E-state index in [1.165, 1.54) is 0 Å². The van der Waals surface area contributed by atoms with Gasteiger partial charge in [0.15, 0.2) is 0 Å². The molecule has 1 N–H and O–H groups in total. The molecule has 0 amide bonds. The molecule has 1 aromatic heterocycles. The molecule has 0 aromatic carbocycles. The Labute approximate surface area is 98.7 Å². The van der Waals surface area contributed by atoms with Gasteiger partial charge in [-0.25, -0.2) is 4.98 Å². The van der Waals surface area contributed by atoms with Crippen molar-refractivity contribution in [2.24, 2.45) is 0 Å². The summed E-state index contributed by atoms with van der Waals surface area (Å²) in [6.07, 6.45) is 5.08. The highest BCUT2D eigenvalue weighted by Gasteiger charge is 2.05. The zero-order chi connectivity index (χ0) is 12.0. The Morgan fingerprint density at radius 1 is 1.50 bits per heavy atom. The van der Waals surface area contributed by atoms with Crippen LogP contribution in [-0.4, -0.2) is 41.1 Å². The topological polar surface area (TPSA) is 33.1 Å². The molecule has 16 heavy (non-hydrogen) atoms. The second-order valence-corrected chi connectivity index (χ2v) is 4.48. The van der Waals surface area contributed by atoms with Crippen LogP contribution in [0.15, 0.2) is 12.4 Å². The molecule has 0 spiro atoms. The third-order valence-corrected chi connectivity index (χ3v) is 2.87. The third-order valence-electron chi connectivity index (χ3n) is 2.87. The van der Waals surface area contributed by atoms with Crippen molar-refractivity contribution in [2.45, 2.75) is 39.4 Å². The number of hydrogen-bond donors (Lipinski definition) is 1. The van der Waals surface area contributed by atoms with Gasteiger partial charge < -0.3 is 14.8 Å². The SMILES string of the molecule is CCCn1ccnc1CNCC(C)N(C)C. The van der Waals surface area contributed by atoms with Crippen LogP contribution >= 0.6 is 0 Å². The molecular formula is C12H24N4. The maximum Gasteiger partial charge on any atom is 0.122 e. The first-order valence-corrected chi connectivity index (χ1v) is 6.02. The van der Waals surface area contributed by atoms with Crippen molar-refractivity contribution >= 4 is 0 Å². The van der Waals surface area contributed by atoms with Crippen molar-refractivity contribution in [3.05, 3.63) is 18.2 Å². The number of nitrogens with one attached hydrogen (secondary N) is 1. The monoisotopic (exact) mass is 224 g/mol.